The van der Waals surface area contributed by atoms with Gasteiger partial charge in [-0.1, -0.05) is 23.7 Å². The van der Waals surface area contributed by atoms with Gasteiger partial charge in [0.1, 0.15) is 12.4 Å². The molecule has 0 aliphatic carbocycles. The van der Waals surface area contributed by atoms with Crippen LogP contribution in [0.15, 0.2) is 47.5 Å². The fourth-order valence-electron chi connectivity index (χ4n) is 2.69. The smallest absolute Gasteiger partial charge is 0.216 e. The molecule has 5 heteroatoms. The van der Waals surface area contributed by atoms with Crippen molar-refractivity contribution in [2.24, 2.45) is 4.99 Å². The van der Waals surface area contributed by atoms with Gasteiger partial charge in [0.25, 0.3) is 0 Å². The minimum absolute atomic E-state index is 0.119. The van der Waals surface area contributed by atoms with Gasteiger partial charge in [-0.3, -0.25) is 4.79 Å². The maximum Gasteiger partial charge on any atom is 0.216 e. The molecule has 0 fully saturated rings. The van der Waals surface area contributed by atoms with Gasteiger partial charge in [0.2, 0.25) is 5.90 Å². The van der Waals surface area contributed by atoms with Gasteiger partial charge in [0, 0.05) is 22.6 Å². The normalized spacial score (nSPS) is 13.2. The third-order valence-corrected chi connectivity index (χ3v) is 4.65. The van der Waals surface area contributed by atoms with Crippen molar-refractivity contribution in [3.05, 3.63) is 64.2 Å². The summed E-state index contributed by atoms with van der Waals surface area (Å²) in [4.78, 5) is 16.5. The van der Waals surface area contributed by atoms with Crippen molar-refractivity contribution >= 4 is 23.3 Å². The Kier molecular flexibility index (Phi) is 6.29. The van der Waals surface area contributed by atoms with Crippen molar-refractivity contribution < 1.29 is 14.3 Å². The average Bonchev–Trinajstić information content (AvgIpc) is 3.19. The Morgan fingerprint density at radius 2 is 2.00 bits per heavy atom. The van der Waals surface area contributed by atoms with E-state index in [9.17, 15) is 4.79 Å². The van der Waals surface area contributed by atoms with Crippen LogP contribution in [0.2, 0.25) is 5.02 Å². The number of ether oxygens (including phenoxy) is 2. The minimum atomic E-state index is 0.119. The third-order valence-electron chi connectivity index (χ3n) is 4.25. The predicted molar refractivity (Wildman–Crippen MR) is 104 cm³/mol. The van der Waals surface area contributed by atoms with Crippen LogP contribution in [0, 0.1) is 6.92 Å². The van der Waals surface area contributed by atoms with Crippen LogP contribution in [0.1, 0.15) is 40.7 Å². The van der Waals surface area contributed by atoms with E-state index < -0.39 is 0 Å². The van der Waals surface area contributed by atoms with Gasteiger partial charge in [0.05, 0.1) is 13.2 Å². The van der Waals surface area contributed by atoms with E-state index in [1.165, 1.54) is 0 Å². The van der Waals surface area contributed by atoms with Crippen LogP contribution in [-0.4, -0.2) is 31.4 Å². The zero-order valence-corrected chi connectivity index (χ0v) is 15.6. The van der Waals surface area contributed by atoms with Gasteiger partial charge in [0.15, 0.2) is 5.78 Å². The molecular formula is C21H22ClNO3. The lowest BCUT2D eigenvalue weighted by Crippen LogP contribution is -2.03. The second-order valence-corrected chi connectivity index (χ2v) is 6.66. The van der Waals surface area contributed by atoms with Crippen molar-refractivity contribution in [2.45, 2.75) is 26.2 Å². The Labute approximate surface area is 158 Å². The van der Waals surface area contributed by atoms with Crippen LogP contribution in [0.3, 0.4) is 0 Å². The highest BCUT2D eigenvalue weighted by atomic mass is 35.5. The van der Waals surface area contributed by atoms with E-state index in [4.69, 9.17) is 21.1 Å². The van der Waals surface area contributed by atoms with Crippen molar-refractivity contribution in [3.63, 3.8) is 0 Å². The highest BCUT2D eigenvalue weighted by Gasteiger charge is 2.10. The van der Waals surface area contributed by atoms with Crippen LogP contribution >= 0.6 is 11.6 Å². The first-order chi connectivity index (χ1) is 12.6. The number of benzene rings is 2. The fourth-order valence-corrected chi connectivity index (χ4v) is 2.87. The number of hydrogen-bond donors (Lipinski definition) is 0. The zero-order valence-electron chi connectivity index (χ0n) is 14.8. The van der Waals surface area contributed by atoms with Crippen molar-refractivity contribution in [1.82, 2.24) is 0 Å². The van der Waals surface area contributed by atoms with Crippen LogP contribution < -0.4 is 4.74 Å². The molecule has 0 unspecified atom stereocenters. The molecule has 1 aliphatic rings. The number of aliphatic imine (C=N–C) groups is 1. The number of nitrogens with zero attached hydrogens (tertiary/aromatic N) is 1. The molecule has 3 rings (SSSR count). The van der Waals surface area contributed by atoms with E-state index in [0.717, 1.165) is 36.3 Å². The summed E-state index contributed by atoms with van der Waals surface area (Å²) >= 11 is 6.07. The van der Waals surface area contributed by atoms with Crippen LogP contribution in [-0.2, 0) is 4.74 Å². The summed E-state index contributed by atoms with van der Waals surface area (Å²) in [7, 11) is 0. The van der Waals surface area contributed by atoms with Gasteiger partial charge in [-0.05, 0) is 55.7 Å². The molecule has 0 N–H and O–H groups in total. The molecule has 0 amide bonds. The van der Waals surface area contributed by atoms with Crippen LogP contribution in [0.5, 0.6) is 5.75 Å². The summed E-state index contributed by atoms with van der Waals surface area (Å²) < 4.78 is 11.2. The van der Waals surface area contributed by atoms with E-state index in [1.54, 1.807) is 6.07 Å². The molecule has 0 saturated carbocycles. The fraction of sp³-hybridized carbons (Fsp3) is 0.333. The Hall–Kier alpha value is -2.33. The highest BCUT2D eigenvalue weighted by Crippen LogP contribution is 2.19. The summed E-state index contributed by atoms with van der Waals surface area (Å²) in [6.07, 6.45) is 2.11. The largest absolute Gasteiger partial charge is 0.494 e. The van der Waals surface area contributed by atoms with Gasteiger partial charge in [-0.15, -0.1) is 0 Å². The number of Topliss-reactive ketones (excluding diaryl/α,β-unsaturated/α-hetero) is 1. The van der Waals surface area contributed by atoms with Gasteiger partial charge < -0.3 is 9.47 Å². The molecule has 0 spiro atoms. The topological polar surface area (TPSA) is 47.9 Å². The van der Waals surface area contributed by atoms with Crippen LogP contribution in [0.4, 0.5) is 0 Å². The third kappa shape index (κ3) is 4.85. The molecule has 26 heavy (non-hydrogen) atoms. The summed E-state index contributed by atoms with van der Waals surface area (Å²) in [5.74, 6) is 1.63. The van der Waals surface area contributed by atoms with E-state index in [2.05, 4.69) is 4.99 Å². The number of halogens is 1. The standard InChI is InChI=1S/C21H22ClNO3/c1-15-5-6-17(14-19(15)22)20(24)4-2-3-12-25-18-9-7-16(8-10-18)21-23-11-13-26-21/h5-10,14H,2-4,11-13H2,1H3. The SMILES string of the molecule is Cc1ccc(C(=O)CCCCOc2ccc(C3=NCCO3)cc2)cc1Cl. The lowest BCUT2D eigenvalue weighted by molar-refractivity contribution is 0.0978. The Morgan fingerprint density at radius 3 is 2.69 bits per heavy atom. The molecule has 2 aromatic rings. The summed E-state index contributed by atoms with van der Waals surface area (Å²) in [5, 5.41) is 0.636. The number of aryl methyl sites for hydroxylation is 1. The second kappa shape index (κ2) is 8.86. The first-order valence-electron chi connectivity index (χ1n) is 8.83. The lowest BCUT2D eigenvalue weighted by Gasteiger charge is -2.07. The molecular weight excluding hydrogens is 350 g/mol. The second-order valence-electron chi connectivity index (χ2n) is 6.25. The molecule has 4 nitrogen and oxygen atoms in total. The highest BCUT2D eigenvalue weighted by molar-refractivity contribution is 6.31. The number of carbonyl (C=O) groups is 1. The first kappa shape index (κ1) is 18.5. The molecule has 0 saturated heterocycles. The molecule has 1 heterocycles. The molecule has 1 aliphatic heterocycles. The Morgan fingerprint density at radius 1 is 1.19 bits per heavy atom. The summed E-state index contributed by atoms with van der Waals surface area (Å²) in [5.41, 5.74) is 2.63. The quantitative estimate of drug-likeness (QED) is 0.492. The summed E-state index contributed by atoms with van der Waals surface area (Å²) in [6.45, 7) is 3.88. The maximum atomic E-state index is 12.2. The molecule has 0 bridgehead atoms. The van der Waals surface area contributed by atoms with Gasteiger partial charge in [-0.25, -0.2) is 4.99 Å². The monoisotopic (exact) mass is 371 g/mol. The lowest BCUT2D eigenvalue weighted by atomic mass is 10.0. The number of unbranched alkanes of at least 4 members (excludes halogenated alkanes) is 1. The Bertz CT molecular complexity index is 799. The number of rotatable bonds is 8. The average molecular weight is 372 g/mol. The van der Waals surface area contributed by atoms with Crippen LogP contribution in [0.25, 0.3) is 0 Å². The van der Waals surface area contributed by atoms with Gasteiger partial charge >= 0.3 is 0 Å². The molecule has 136 valence electrons. The molecule has 0 atom stereocenters. The number of hydrogen-bond acceptors (Lipinski definition) is 4. The van der Waals surface area contributed by atoms with E-state index >= 15 is 0 Å². The zero-order chi connectivity index (χ0) is 18.4. The van der Waals surface area contributed by atoms with Crippen molar-refractivity contribution in [3.8, 4) is 5.75 Å². The number of ketones is 1. The van der Waals surface area contributed by atoms with E-state index in [0.29, 0.717) is 36.1 Å². The minimum Gasteiger partial charge on any atom is -0.494 e. The molecule has 2 aromatic carbocycles. The van der Waals surface area contributed by atoms with E-state index in [-0.39, 0.29) is 5.78 Å². The molecule has 0 aromatic heterocycles. The van der Waals surface area contributed by atoms with Crippen molar-refractivity contribution in [1.29, 1.82) is 0 Å². The number of carbonyl (C=O) groups excluding carboxylic acids is 1. The van der Waals surface area contributed by atoms with Crippen molar-refractivity contribution in [2.75, 3.05) is 19.8 Å². The van der Waals surface area contributed by atoms with E-state index in [1.807, 2.05) is 43.3 Å². The van der Waals surface area contributed by atoms with Gasteiger partial charge in [-0.2, -0.15) is 0 Å². The molecule has 0 radical (unpaired) electrons. The Balaban J connectivity index is 1.38. The predicted octanol–water partition coefficient (Wildman–Crippen LogP) is 4.86. The maximum absolute atomic E-state index is 12.2. The summed E-state index contributed by atoms with van der Waals surface area (Å²) in [6, 6.07) is 13.2. The first-order valence-corrected chi connectivity index (χ1v) is 9.21.